The summed E-state index contributed by atoms with van der Waals surface area (Å²) in [5, 5.41) is 4.63. The number of morpholine rings is 1. The summed E-state index contributed by atoms with van der Waals surface area (Å²) in [6.07, 6.45) is 0. The van der Waals surface area contributed by atoms with Crippen LogP contribution in [-0.4, -0.2) is 69.2 Å². The van der Waals surface area contributed by atoms with Gasteiger partial charge in [-0.05, 0) is 18.1 Å². The fourth-order valence-corrected chi connectivity index (χ4v) is 3.36. The summed E-state index contributed by atoms with van der Waals surface area (Å²) in [6, 6.07) is 10.2. The number of nitrogens with one attached hydrogen (secondary N) is 1. The van der Waals surface area contributed by atoms with Gasteiger partial charge in [0.15, 0.2) is 5.96 Å². The van der Waals surface area contributed by atoms with Crippen molar-refractivity contribution in [3.63, 3.8) is 0 Å². The van der Waals surface area contributed by atoms with Crippen LogP contribution in [0.25, 0.3) is 11.0 Å². The van der Waals surface area contributed by atoms with Crippen molar-refractivity contribution >= 4 is 16.9 Å². The summed E-state index contributed by atoms with van der Waals surface area (Å²) in [4.78, 5) is 8.98. The lowest BCUT2D eigenvalue weighted by atomic mass is 10.1. The molecule has 1 atom stereocenters. The molecule has 142 valence electrons. The molecule has 1 fully saturated rings. The molecule has 1 N–H and O–H groups in total. The van der Waals surface area contributed by atoms with Crippen LogP contribution < -0.4 is 5.32 Å². The van der Waals surface area contributed by atoms with E-state index in [1.165, 1.54) is 0 Å². The zero-order valence-corrected chi connectivity index (χ0v) is 16.1. The normalized spacial score (nSPS) is 17.4. The second-order valence-corrected chi connectivity index (χ2v) is 7.05. The van der Waals surface area contributed by atoms with Gasteiger partial charge in [-0.3, -0.25) is 9.89 Å². The standard InChI is InChI=1S/C20H30N4O2/c1-16(14-24-8-10-25-11-9-24)13-22-20(21-2)23(3)15-18-12-17-6-4-5-7-19(17)26-18/h4-7,12,16H,8-11,13-15H2,1-3H3,(H,21,22). The fourth-order valence-electron chi connectivity index (χ4n) is 3.36. The predicted molar refractivity (Wildman–Crippen MR) is 105 cm³/mol. The van der Waals surface area contributed by atoms with Crippen molar-refractivity contribution in [2.24, 2.45) is 10.9 Å². The number of hydrogen-bond donors (Lipinski definition) is 1. The third-order valence-corrected chi connectivity index (χ3v) is 4.73. The number of hydrogen-bond acceptors (Lipinski definition) is 4. The number of fused-ring (bicyclic) bond motifs is 1. The van der Waals surface area contributed by atoms with Crippen LogP contribution >= 0.6 is 0 Å². The minimum atomic E-state index is 0.546. The number of ether oxygens (including phenoxy) is 1. The zero-order chi connectivity index (χ0) is 18.4. The van der Waals surface area contributed by atoms with E-state index in [4.69, 9.17) is 9.15 Å². The van der Waals surface area contributed by atoms with Crippen molar-refractivity contribution in [2.45, 2.75) is 13.5 Å². The van der Waals surface area contributed by atoms with Crippen molar-refractivity contribution in [1.82, 2.24) is 15.1 Å². The third-order valence-electron chi connectivity index (χ3n) is 4.73. The molecule has 0 spiro atoms. The van der Waals surface area contributed by atoms with E-state index in [0.29, 0.717) is 12.5 Å². The first-order valence-corrected chi connectivity index (χ1v) is 9.35. The molecule has 6 heteroatoms. The largest absolute Gasteiger partial charge is 0.459 e. The zero-order valence-electron chi connectivity index (χ0n) is 16.1. The molecular formula is C20H30N4O2. The van der Waals surface area contributed by atoms with Crippen LogP contribution in [-0.2, 0) is 11.3 Å². The van der Waals surface area contributed by atoms with Crippen molar-refractivity contribution in [3.8, 4) is 0 Å². The second kappa shape index (κ2) is 9.05. The van der Waals surface area contributed by atoms with Gasteiger partial charge in [-0.1, -0.05) is 25.1 Å². The Kier molecular flexibility index (Phi) is 6.52. The lowest BCUT2D eigenvalue weighted by molar-refractivity contribution is 0.0320. The summed E-state index contributed by atoms with van der Waals surface area (Å²) < 4.78 is 11.3. The topological polar surface area (TPSA) is 53.2 Å². The van der Waals surface area contributed by atoms with Crippen LogP contribution in [0.1, 0.15) is 12.7 Å². The molecule has 6 nitrogen and oxygen atoms in total. The number of aliphatic imine (C=N–C) groups is 1. The average molecular weight is 358 g/mol. The van der Waals surface area contributed by atoms with Gasteiger partial charge >= 0.3 is 0 Å². The Bertz CT molecular complexity index is 688. The molecule has 0 amide bonds. The average Bonchev–Trinajstić information content (AvgIpc) is 3.05. The van der Waals surface area contributed by atoms with E-state index >= 15 is 0 Å². The Hall–Kier alpha value is -2.05. The summed E-state index contributed by atoms with van der Waals surface area (Å²) >= 11 is 0. The van der Waals surface area contributed by atoms with Crippen LogP contribution in [0, 0.1) is 5.92 Å². The molecule has 0 saturated carbocycles. The van der Waals surface area contributed by atoms with Gasteiger partial charge < -0.3 is 19.4 Å². The van der Waals surface area contributed by atoms with E-state index in [1.54, 1.807) is 0 Å². The van der Waals surface area contributed by atoms with Crippen molar-refractivity contribution < 1.29 is 9.15 Å². The lowest BCUT2D eigenvalue weighted by Gasteiger charge is -2.30. The molecule has 1 aliphatic rings. The molecule has 1 aliphatic heterocycles. The van der Waals surface area contributed by atoms with E-state index in [9.17, 15) is 0 Å². The molecule has 2 heterocycles. The molecule has 1 unspecified atom stereocenters. The van der Waals surface area contributed by atoms with E-state index in [-0.39, 0.29) is 0 Å². The van der Waals surface area contributed by atoms with Crippen LogP contribution in [0.2, 0.25) is 0 Å². The predicted octanol–water partition coefficient (Wildman–Crippen LogP) is 2.41. The van der Waals surface area contributed by atoms with Crippen molar-refractivity contribution in [1.29, 1.82) is 0 Å². The van der Waals surface area contributed by atoms with Gasteiger partial charge in [0, 0.05) is 45.7 Å². The Morgan fingerprint density at radius 3 is 2.81 bits per heavy atom. The first kappa shape index (κ1) is 18.7. The number of rotatable bonds is 6. The third kappa shape index (κ3) is 4.99. The highest BCUT2D eigenvalue weighted by Crippen LogP contribution is 2.19. The Balaban J connectivity index is 1.49. The Morgan fingerprint density at radius 2 is 2.08 bits per heavy atom. The van der Waals surface area contributed by atoms with Gasteiger partial charge in [0.05, 0.1) is 19.8 Å². The van der Waals surface area contributed by atoms with Crippen LogP contribution in [0.3, 0.4) is 0 Å². The van der Waals surface area contributed by atoms with E-state index in [0.717, 1.165) is 62.1 Å². The minimum absolute atomic E-state index is 0.546. The van der Waals surface area contributed by atoms with Crippen molar-refractivity contribution in [3.05, 3.63) is 36.1 Å². The van der Waals surface area contributed by atoms with Crippen molar-refractivity contribution in [2.75, 3.05) is 53.5 Å². The maximum atomic E-state index is 5.92. The number of para-hydroxylation sites is 1. The highest BCUT2D eigenvalue weighted by atomic mass is 16.5. The molecule has 1 aromatic heterocycles. The minimum Gasteiger partial charge on any atom is -0.459 e. The monoisotopic (exact) mass is 358 g/mol. The maximum absolute atomic E-state index is 5.92. The summed E-state index contributed by atoms with van der Waals surface area (Å²) in [7, 11) is 3.86. The second-order valence-electron chi connectivity index (χ2n) is 7.05. The van der Waals surface area contributed by atoms with Crippen LogP contribution in [0.4, 0.5) is 0 Å². The van der Waals surface area contributed by atoms with Gasteiger partial charge in [-0.2, -0.15) is 0 Å². The fraction of sp³-hybridized carbons (Fsp3) is 0.550. The smallest absolute Gasteiger partial charge is 0.193 e. The Morgan fingerprint density at radius 1 is 1.31 bits per heavy atom. The highest BCUT2D eigenvalue weighted by molar-refractivity contribution is 5.80. The molecule has 0 aliphatic carbocycles. The summed E-state index contributed by atoms with van der Waals surface area (Å²) in [5.74, 6) is 2.38. The van der Waals surface area contributed by atoms with Gasteiger partial charge in [0.25, 0.3) is 0 Å². The van der Waals surface area contributed by atoms with Gasteiger partial charge in [-0.25, -0.2) is 0 Å². The van der Waals surface area contributed by atoms with Crippen LogP contribution in [0.15, 0.2) is 39.7 Å². The molecule has 0 bridgehead atoms. The van der Waals surface area contributed by atoms with Crippen LogP contribution in [0.5, 0.6) is 0 Å². The number of benzene rings is 1. The molecular weight excluding hydrogens is 328 g/mol. The highest BCUT2D eigenvalue weighted by Gasteiger charge is 2.15. The number of nitrogens with zero attached hydrogens (tertiary/aromatic N) is 3. The first-order chi connectivity index (χ1) is 12.7. The summed E-state index contributed by atoms with van der Waals surface area (Å²) in [6.45, 7) is 8.70. The number of furan rings is 1. The van der Waals surface area contributed by atoms with Gasteiger partial charge in [-0.15, -0.1) is 0 Å². The Labute approximate surface area is 155 Å². The van der Waals surface area contributed by atoms with Gasteiger partial charge in [0.1, 0.15) is 11.3 Å². The summed E-state index contributed by atoms with van der Waals surface area (Å²) in [5.41, 5.74) is 0.929. The molecule has 26 heavy (non-hydrogen) atoms. The number of guanidine groups is 1. The quantitative estimate of drug-likeness (QED) is 0.635. The molecule has 1 saturated heterocycles. The molecule has 0 radical (unpaired) electrons. The molecule has 2 aromatic rings. The van der Waals surface area contributed by atoms with E-state index < -0.39 is 0 Å². The molecule has 1 aromatic carbocycles. The maximum Gasteiger partial charge on any atom is 0.193 e. The lowest BCUT2D eigenvalue weighted by Crippen LogP contribution is -2.44. The SMILES string of the molecule is CN=C(NCC(C)CN1CCOCC1)N(C)Cc1cc2ccccc2o1. The van der Waals surface area contributed by atoms with E-state index in [1.807, 2.05) is 32.3 Å². The first-order valence-electron chi connectivity index (χ1n) is 9.35. The molecule has 3 rings (SSSR count). The van der Waals surface area contributed by atoms with E-state index in [2.05, 4.69) is 39.2 Å². The van der Waals surface area contributed by atoms with Gasteiger partial charge in [0.2, 0.25) is 0 Å².